The predicted molar refractivity (Wildman–Crippen MR) is 99.8 cm³/mol. The molecule has 0 saturated carbocycles. The van der Waals surface area contributed by atoms with E-state index in [1.54, 1.807) is 30.3 Å². The van der Waals surface area contributed by atoms with Crippen LogP contribution in [0.3, 0.4) is 0 Å². The van der Waals surface area contributed by atoms with Crippen LogP contribution in [-0.2, 0) is 12.8 Å². The van der Waals surface area contributed by atoms with Crippen molar-refractivity contribution < 1.29 is 17.9 Å². The molecule has 0 amide bonds. The largest absolute Gasteiger partial charge is 0.489 e. The van der Waals surface area contributed by atoms with Gasteiger partial charge in [0.25, 0.3) is 0 Å². The van der Waals surface area contributed by atoms with Gasteiger partial charge in [-0.25, -0.2) is 4.98 Å². The number of hydrogen-bond donors (Lipinski definition) is 1. The second-order valence-corrected chi connectivity index (χ2v) is 6.22. The molecule has 2 aromatic heterocycles. The van der Waals surface area contributed by atoms with E-state index in [1.165, 1.54) is 30.6 Å². The average Bonchev–Trinajstić information content (AvgIpc) is 3.20. The molecule has 0 atom stereocenters. The molecule has 5 nitrogen and oxygen atoms in total. The number of alkyl halides is 3. The average molecular weight is 394 g/mol. The maximum Gasteiger partial charge on any atom is 0.417 e. The van der Waals surface area contributed by atoms with Gasteiger partial charge in [-0.05, 0) is 35.4 Å². The summed E-state index contributed by atoms with van der Waals surface area (Å²) in [5.41, 5.74) is -0.564. The highest BCUT2D eigenvalue weighted by Crippen LogP contribution is 2.42. The van der Waals surface area contributed by atoms with Crippen LogP contribution in [0.4, 0.5) is 13.2 Å². The molecule has 0 aliphatic carbocycles. The van der Waals surface area contributed by atoms with Gasteiger partial charge in [-0.15, -0.1) is 0 Å². The number of H-pyrrole nitrogens is 1. The summed E-state index contributed by atoms with van der Waals surface area (Å²) >= 11 is 0. The fourth-order valence-corrected chi connectivity index (χ4v) is 3.21. The van der Waals surface area contributed by atoms with Crippen LogP contribution in [0.15, 0.2) is 60.9 Å². The summed E-state index contributed by atoms with van der Waals surface area (Å²) in [6.45, 7) is -0.394. The molecule has 0 radical (unpaired) electrons. The van der Waals surface area contributed by atoms with Gasteiger partial charge in [0.1, 0.15) is 12.4 Å². The van der Waals surface area contributed by atoms with Crippen molar-refractivity contribution >= 4 is 11.0 Å². The van der Waals surface area contributed by atoms with Crippen molar-refractivity contribution in [3.8, 4) is 22.9 Å². The van der Waals surface area contributed by atoms with Gasteiger partial charge in [-0.3, -0.25) is 5.10 Å². The Labute approximate surface area is 163 Å². The number of aromatic amines is 1. The SMILES string of the molecule is N#Cc1ccc(-c2ccnc3[nH]ncc23)c(C(F)(F)F)c1COc1ccccc1. The van der Waals surface area contributed by atoms with E-state index < -0.39 is 18.3 Å². The Bertz CT molecular complexity index is 1210. The molecular formula is C21H13F3N4O. The van der Waals surface area contributed by atoms with Gasteiger partial charge in [-0.1, -0.05) is 24.3 Å². The minimum absolute atomic E-state index is 0.0584. The highest BCUT2D eigenvalue weighted by molar-refractivity contribution is 5.93. The topological polar surface area (TPSA) is 74.6 Å². The molecule has 29 heavy (non-hydrogen) atoms. The molecule has 144 valence electrons. The van der Waals surface area contributed by atoms with Gasteiger partial charge in [0.15, 0.2) is 5.65 Å². The van der Waals surface area contributed by atoms with Crippen molar-refractivity contribution in [1.82, 2.24) is 15.2 Å². The molecule has 0 spiro atoms. The van der Waals surface area contributed by atoms with E-state index in [0.717, 1.165) is 0 Å². The van der Waals surface area contributed by atoms with E-state index in [9.17, 15) is 18.4 Å². The third-order valence-electron chi connectivity index (χ3n) is 4.49. The molecule has 0 fully saturated rings. The number of para-hydroxylation sites is 1. The van der Waals surface area contributed by atoms with Crippen molar-refractivity contribution in [2.24, 2.45) is 0 Å². The number of ether oxygens (including phenoxy) is 1. The first-order chi connectivity index (χ1) is 14.0. The summed E-state index contributed by atoms with van der Waals surface area (Å²) in [6.07, 6.45) is -1.86. The molecule has 0 saturated heterocycles. The van der Waals surface area contributed by atoms with Gasteiger partial charge in [0.05, 0.1) is 23.4 Å². The molecule has 1 N–H and O–H groups in total. The number of rotatable bonds is 4. The second kappa shape index (κ2) is 7.28. The Kier molecular flexibility index (Phi) is 4.64. The number of nitrogens with zero attached hydrogens (tertiary/aromatic N) is 3. The quantitative estimate of drug-likeness (QED) is 0.523. The lowest BCUT2D eigenvalue weighted by Crippen LogP contribution is -2.15. The van der Waals surface area contributed by atoms with E-state index in [4.69, 9.17) is 4.74 Å². The van der Waals surface area contributed by atoms with Gasteiger partial charge in [0.2, 0.25) is 0 Å². The number of hydrogen-bond acceptors (Lipinski definition) is 4. The van der Waals surface area contributed by atoms with Crippen LogP contribution in [0.5, 0.6) is 5.75 Å². The molecule has 0 unspecified atom stereocenters. The van der Waals surface area contributed by atoms with Crippen LogP contribution in [-0.4, -0.2) is 15.2 Å². The van der Waals surface area contributed by atoms with E-state index in [-0.39, 0.29) is 16.7 Å². The number of nitrogens with one attached hydrogen (secondary N) is 1. The minimum atomic E-state index is -4.70. The summed E-state index contributed by atoms with van der Waals surface area (Å²) in [6, 6.07) is 14.5. The molecule has 4 rings (SSSR count). The lowest BCUT2D eigenvalue weighted by molar-refractivity contribution is -0.138. The highest BCUT2D eigenvalue weighted by atomic mass is 19.4. The predicted octanol–water partition coefficient (Wildman–Crippen LogP) is 5.09. The smallest absolute Gasteiger partial charge is 0.417 e. The lowest BCUT2D eigenvalue weighted by Gasteiger charge is -2.19. The van der Waals surface area contributed by atoms with Crippen LogP contribution < -0.4 is 4.74 Å². The Morgan fingerprint density at radius 2 is 1.83 bits per heavy atom. The monoisotopic (exact) mass is 394 g/mol. The van der Waals surface area contributed by atoms with Crippen molar-refractivity contribution in [2.45, 2.75) is 12.8 Å². The summed E-state index contributed by atoms with van der Waals surface area (Å²) in [7, 11) is 0. The number of nitriles is 1. The second-order valence-electron chi connectivity index (χ2n) is 6.22. The highest BCUT2D eigenvalue weighted by Gasteiger charge is 2.38. The number of benzene rings is 2. The molecule has 8 heteroatoms. The van der Waals surface area contributed by atoms with E-state index in [1.807, 2.05) is 6.07 Å². The normalized spacial score (nSPS) is 11.4. The number of pyridine rings is 1. The van der Waals surface area contributed by atoms with Crippen LogP contribution in [0, 0.1) is 11.3 Å². The van der Waals surface area contributed by atoms with Crippen LogP contribution in [0.2, 0.25) is 0 Å². The summed E-state index contributed by atoms with van der Waals surface area (Å²) in [4.78, 5) is 4.08. The van der Waals surface area contributed by atoms with Crippen molar-refractivity contribution in [1.29, 1.82) is 5.26 Å². The standard InChI is InChI=1S/C21H13F3N4O/c22-21(23,24)19-16(15-8-9-26-20-17(15)11-27-28-20)7-6-13(10-25)18(19)12-29-14-4-2-1-3-5-14/h1-9,11H,12H2,(H,26,27,28). The van der Waals surface area contributed by atoms with Gasteiger partial charge in [0, 0.05) is 17.1 Å². The van der Waals surface area contributed by atoms with Crippen molar-refractivity contribution in [2.75, 3.05) is 0 Å². The molecule has 0 aliphatic heterocycles. The lowest BCUT2D eigenvalue weighted by atomic mass is 9.91. The van der Waals surface area contributed by atoms with E-state index >= 15 is 0 Å². The first kappa shape index (κ1) is 18.5. The van der Waals surface area contributed by atoms with Crippen LogP contribution in [0.1, 0.15) is 16.7 Å². The first-order valence-electron chi connectivity index (χ1n) is 8.58. The molecule has 4 aromatic rings. The maximum atomic E-state index is 14.2. The molecule has 2 aromatic carbocycles. The Morgan fingerprint density at radius 3 is 2.55 bits per heavy atom. The Hall–Kier alpha value is -3.86. The zero-order chi connectivity index (χ0) is 20.4. The van der Waals surface area contributed by atoms with Gasteiger partial charge >= 0.3 is 6.18 Å². The van der Waals surface area contributed by atoms with Crippen LogP contribution >= 0.6 is 0 Å². The molecule has 0 aliphatic rings. The van der Waals surface area contributed by atoms with E-state index in [2.05, 4.69) is 15.2 Å². The number of fused-ring (bicyclic) bond motifs is 1. The summed E-state index contributed by atoms with van der Waals surface area (Å²) in [5.74, 6) is 0.413. The molecule has 2 heterocycles. The first-order valence-corrected chi connectivity index (χ1v) is 8.58. The zero-order valence-electron chi connectivity index (χ0n) is 14.9. The third-order valence-corrected chi connectivity index (χ3v) is 4.49. The Morgan fingerprint density at radius 1 is 1.03 bits per heavy atom. The van der Waals surface area contributed by atoms with Gasteiger partial charge in [-0.2, -0.15) is 23.5 Å². The number of aromatic nitrogens is 3. The summed E-state index contributed by atoms with van der Waals surface area (Å²) in [5, 5.41) is 16.4. The number of halogens is 3. The van der Waals surface area contributed by atoms with Crippen molar-refractivity contribution in [3.63, 3.8) is 0 Å². The van der Waals surface area contributed by atoms with Crippen molar-refractivity contribution in [3.05, 3.63) is 77.6 Å². The fourth-order valence-electron chi connectivity index (χ4n) is 3.21. The molecule has 0 bridgehead atoms. The molecular weight excluding hydrogens is 381 g/mol. The zero-order valence-corrected chi connectivity index (χ0v) is 14.9. The minimum Gasteiger partial charge on any atom is -0.489 e. The van der Waals surface area contributed by atoms with Gasteiger partial charge < -0.3 is 4.74 Å². The fraction of sp³-hybridized carbons (Fsp3) is 0.0952. The van der Waals surface area contributed by atoms with E-state index in [0.29, 0.717) is 22.3 Å². The summed E-state index contributed by atoms with van der Waals surface area (Å²) < 4.78 is 48.0. The maximum absolute atomic E-state index is 14.2. The van der Waals surface area contributed by atoms with Crippen LogP contribution in [0.25, 0.3) is 22.2 Å². The third kappa shape index (κ3) is 3.50. The Balaban J connectivity index is 1.91.